The Hall–Kier alpha value is -4.58. The second kappa shape index (κ2) is 13.7. The Kier molecular flexibility index (Phi) is 9.15. The summed E-state index contributed by atoms with van der Waals surface area (Å²) < 4.78 is 47.1. The summed E-state index contributed by atoms with van der Waals surface area (Å²) in [4.78, 5) is 27.3. The summed E-state index contributed by atoms with van der Waals surface area (Å²) in [5, 5.41) is 6.82. The molecule has 0 bridgehead atoms. The van der Waals surface area contributed by atoms with Crippen LogP contribution in [0.15, 0.2) is 102 Å². The van der Waals surface area contributed by atoms with Crippen LogP contribution in [-0.4, -0.2) is 46.8 Å². The number of amides is 1. The lowest BCUT2D eigenvalue weighted by Crippen LogP contribution is -2.27. The van der Waals surface area contributed by atoms with Crippen LogP contribution in [0.25, 0.3) is 5.57 Å². The van der Waals surface area contributed by atoms with E-state index in [9.17, 15) is 18.0 Å². The van der Waals surface area contributed by atoms with Gasteiger partial charge < -0.3 is 19.5 Å². The first-order valence-corrected chi connectivity index (χ1v) is 20.1. The van der Waals surface area contributed by atoms with Crippen molar-refractivity contribution in [3.63, 3.8) is 0 Å². The number of aromatic nitrogens is 2. The topological polar surface area (TPSA) is 126 Å². The van der Waals surface area contributed by atoms with Gasteiger partial charge in [0.1, 0.15) is 17.8 Å². The highest BCUT2D eigenvalue weighted by atomic mass is 32.2. The molecular formula is C42H45N3O7S. The molecule has 4 fully saturated rings. The number of allylic oxidation sites excluding steroid dienone is 1. The summed E-state index contributed by atoms with van der Waals surface area (Å²) in [6.45, 7) is 5.30. The van der Waals surface area contributed by atoms with E-state index >= 15 is 0 Å². The molecule has 3 saturated carbocycles. The van der Waals surface area contributed by atoms with Gasteiger partial charge in [-0.05, 0) is 99.1 Å². The number of carbonyl (C=O) groups excluding carboxylic acids is 2. The van der Waals surface area contributed by atoms with Gasteiger partial charge in [0, 0.05) is 30.7 Å². The maximum absolute atomic E-state index is 14.3. The molecule has 3 aliphatic carbocycles. The van der Waals surface area contributed by atoms with Gasteiger partial charge in [-0.15, -0.1) is 5.10 Å². The third kappa shape index (κ3) is 7.60. The molecule has 4 aliphatic rings. The number of sulfone groups is 1. The van der Waals surface area contributed by atoms with Crippen molar-refractivity contribution in [1.29, 1.82) is 0 Å². The molecule has 276 valence electrons. The number of ether oxygens (including phenoxy) is 3. The molecule has 1 aliphatic heterocycles. The van der Waals surface area contributed by atoms with Gasteiger partial charge in [0.2, 0.25) is 0 Å². The summed E-state index contributed by atoms with van der Waals surface area (Å²) in [5.74, 6) is -1.02. The molecule has 10 nitrogen and oxygen atoms in total. The number of rotatable bonds is 9. The van der Waals surface area contributed by atoms with Crippen molar-refractivity contribution in [1.82, 2.24) is 9.78 Å². The number of hydrogen-bond donors (Lipinski definition) is 1. The highest BCUT2D eigenvalue weighted by Crippen LogP contribution is 2.55. The van der Waals surface area contributed by atoms with Crippen LogP contribution < -0.4 is 5.32 Å². The number of carbonyl (C=O) groups is 2. The predicted molar refractivity (Wildman–Crippen MR) is 200 cm³/mol. The van der Waals surface area contributed by atoms with Crippen LogP contribution in [-0.2, 0) is 28.8 Å². The van der Waals surface area contributed by atoms with Gasteiger partial charge in [0.05, 0.1) is 10.1 Å². The molecule has 1 spiro atoms. The Balaban J connectivity index is 1.11. The fourth-order valence-corrected chi connectivity index (χ4v) is 9.45. The molecule has 8 rings (SSSR count). The number of nitrogens with zero attached hydrogens (tertiary/aromatic N) is 2. The average Bonchev–Trinajstić information content (AvgIpc) is 4.06. The van der Waals surface area contributed by atoms with E-state index in [0.717, 1.165) is 40.6 Å². The predicted octanol–water partition coefficient (Wildman–Crippen LogP) is 8.53. The number of hydrogen-bond acceptors (Lipinski definition) is 8. The van der Waals surface area contributed by atoms with Gasteiger partial charge in [-0.3, -0.25) is 4.79 Å². The van der Waals surface area contributed by atoms with E-state index in [1.165, 1.54) is 6.20 Å². The van der Waals surface area contributed by atoms with Gasteiger partial charge in [0.25, 0.3) is 5.91 Å². The first kappa shape index (κ1) is 35.4. The van der Waals surface area contributed by atoms with E-state index in [1.54, 1.807) is 39.0 Å². The summed E-state index contributed by atoms with van der Waals surface area (Å²) in [7, 11) is -3.43. The lowest BCUT2D eigenvalue weighted by Gasteiger charge is -2.23. The zero-order valence-electron chi connectivity index (χ0n) is 30.2. The minimum atomic E-state index is -3.43. The molecule has 0 radical (unpaired) electrons. The van der Waals surface area contributed by atoms with Gasteiger partial charge in [-0.2, -0.15) is 4.68 Å². The summed E-state index contributed by atoms with van der Waals surface area (Å²) in [6.07, 6.45) is 7.23. The van der Waals surface area contributed by atoms with Crippen molar-refractivity contribution < 1.29 is 32.2 Å². The Morgan fingerprint density at radius 1 is 0.887 bits per heavy atom. The van der Waals surface area contributed by atoms with E-state index in [1.807, 2.05) is 48.5 Å². The Labute approximate surface area is 310 Å². The number of benzene rings is 3. The van der Waals surface area contributed by atoms with Crippen molar-refractivity contribution in [3.8, 4) is 0 Å². The molecule has 53 heavy (non-hydrogen) atoms. The van der Waals surface area contributed by atoms with Crippen molar-refractivity contribution >= 4 is 33.2 Å². The van der Waals surface area contributed by atoms with Crippen LogP contribution in [0.5, 0.6) is 0 Å². The molecule has 0 unspecified atom stereocenters. The third-order valence-electron chi connectivity index (χ3n) is 10.3. The highest BCUT2D eigenvalue weighted by Gasteiger charge is 2.52. The van der Waals surface area contributed by atoms with Gasteiger partial charge in [0.15, 0.2) is 21.4 Å². The highest BCUT2D eigenvalue weighted by molar-refractivity contribution is 7.92. The molecule has 1 aromatic heterocycles. The first-order chi connectivity index (χ1) is 25.4. The van der Waals surface area contributed by atoms with Crippen LogP contribution in [0, 0.1) is 5.92 Å². The Bertz CT molecular complexity index is 2100. The fraction of sp³-hybridized carbons (Fsp3) is 0.405. The van der Waals surface area contributed by atoms with Crippen molar-refractivity contribution in [3.05, 3.63) is 119 Å². The van der Waals surface area contributed by atoms with E-state index in [4.69, 9.17) is 14.2 Å². The summed E-state index contributed by atoms with van der Waals surface area (Å²) in [6, 6.07) is 27.1. The lowest BCUT2D eigenvalue weighted by atomic mass is 9.95. The maximum atomic E-state index is 14.3. The first-order valence-electron chi connectivity index (χ1n) is 18.5. The minimum absolute atomic E-state index is 0.0831. The molecule has 1 amide bonds. The van der Waals surface area contributed by atoms with Crippen molar-refractivity contribution in [2.45, 2.75) is 105 Å². The van der Waals surface area contributed by atoms with Crippen LogP contribution in [0.1, 0.15) is 106 Å². The smallest absolute Gasteiger partial charge is 0.435 e. The molecule has 2 heterocycles. The van der Waals surface area contributed by atoms with Crippen LogP contribution in [0.2, 0.25) is 0 Å². The van der Waals surface area contributed by atoms with Gasteiger partial charge >= 0.3 is 6.09 Å². The summed E-state index contributed by atoms with van der Waals surface area (Å²) in [5.41, 5.74) is 3.17. The molecular weight excluding hydrogens is 691 g/mol. The fourth-order valence-electron chi connectivity index (χ4n) is 7.52. The maximum Gasteiger partial charge on any atom is 0.435 e. The zero-order chi connectivity index (χ0) is 37.0. The SMILES string of the molecule is CC(C)(C)OC(=O)n1ccc(NC(=O)C(=C[C@H]2CCC3(C2)O[C@H](c2ccccc2)[C@@H](c2ccccc2)O3)c2ccc(S(=O)(=O)C3CC3)c(C3CC3)c2)n1. The Morgan fingerprint density at radius 3 is 2.11 bits per heavy atom. The second-order valence-corrected chi connectivity index (χ2v) is 17.9. The number of nitrogens with one attached hydrogen (secondary N) is 1. The van der Waals surface area contributed by atoms with E-state index < -0.39 is 33.2 Å². The molecule has 4 aromatic rings. The largest absolute Gasteiger partial charge is 0.442 e. The standard InChI is InChI=1S/C42H45N3O7S/c1-41(2,3)52-40(47)45-23-21-36(44-45)43-39(46)34(31-16-19-35(33(25-31)28-14-15-28)53(48,49)32-17-18-32)24-27-20-22-42(26-27)50-37(29-10-6-4-7-11-29)38(51-42)30-12-8-5-9-13-30/h4-13,16,19,21,23-25,27-28,32,37-38H,14-15,17-18,20,22,26H2,1-3H3,(H,43,44,46)/t27-,37-,38-/m1/s1. The number of anilines is 1. The normalized spacial score (nSPS) is 22.9. The van der Waals surface area contributed by atoms with Gasteiger partial charge in [-0.25, -0.2) is 13.2 Å². The molecule has 11 heteroatoms. The van der Waals surface area contributed by atoms with Crippen molar-refractivity contribution in [2.75, 3.05) is 5.32 Å². The molecule has 3 atom stereocenters. The van der Waals surface area contributed by atoms with Crippen LogP contribution >= 0.6 is 0 Å². The summed E-state index contributed by atoms with van der Waals surface area (Å²) >= 11 is 0. The average molecular weight is 736 g/mol. The van der Waals surface area contributed by atoms with Crippen LogP contribution in [0.4, 0.5) is 10.6 Å². The lowest BCUT2D eigenvalue weighted by molar-refractivity contribution is -0.172. The Morgan fingerprint density at radius 2 is 1.53 bits per heavy atom. The quantitative estimate of drug-likeness (QED) is 0.170. The van der Waals surface area contributed by atoms with E-state index in [0.29, 0.717) is 41.7 Å². The molecule has 3 aromatic carbocycles. The van der Waals surface area contributed by atoms with E-state index in [2.05, 4.69) is 34.7 Å². The molecule has 1 saturated heterocycles. The van der Waals surface area contributed by atoms with Gasteiger partial charge in [-0.1, -0.05) is 72.8 Å². The van der Waals surface area contributed by atoms with Crippen LogP contribution in [0.3, 0.4) is 0 Å². The minimum Gasteiger partial charge on any atom is -0.442 e. The molecule has 1 N–H and O–H groups in total. The van der Waals surface area contributed by atoms with Crippen molar-refractivity contribution in [2.24, 2.45) is 5.92 Å². The zero-order valence-corrected chi connectivity index (χ0v) is 31.1. The monoisotopic (exact) mass is 735 g/mol. The third-order valence-corrected chi connectivity index (χ3v) is 12.7. The van der Waals surface area contributed by atoms with E-state index in [-0.39, 0.29) is 35.1 Å². The second-order valence-electron chi connectivity index (χ2n) is 15.7.